The molecular weight excluding hydrogens is 279 g/mol. The van der Waals surface area contributed by atoms with Gasteiger partial charge in [0, 0.05) is 12.0 Å². The van der Waals surface area contributed by atoms with E-state index in [4.69, 9.17) is 5.73 Å². The minimum absolute atomic E-state index is 0.0522. The molecule has 1 amide bonds. The summed E-state index contributed by atoms with van der Waals surface area (Å²) in [6.07, 6.45) is 0.819. The highest BCUT2D eigenvalue weighted by molar-refractivity contribution is 5.83. The SMILES string of the molecule is C[C@H]1c2ccccc2C[C@@H]1NC(=O)[C@@H](N)c1ccc(F)cc1. The van der Waals surface area contributed by atoms with E-state index in [1.807, 2.05) is 12.1 Å². The minimum Gasteiger partial charge on any atom is -0.351 e. The van der Waals surface area contributed by atoms with Gasteiger partial charge >= 0.3 is 0 Å². The van der Waals surface area contributed by atoms with Gasteiger partial charge in [-0.2, -0.15) is 0 Å². The minimum atomic E-state index is -0.781. The number of halogens is 1. The first-order chi connectivity index (χ1) is 10.6. The van der Waals surface area contributed by atoms with Gasteiger partial charge in [-0.25, -0.2) is 4.39 Å². The van der Waals surface area contributed by atoms with Crippen molar-refractivity contribution in [2.24, 2.45) is 5.73 Å². The quantitative estimate of drug-likeness (QED) is 0.915. The number of rotatable bonds is 3. The third-order valence-corrected chi connectivity index (χ3v) is 4.43. The summed E-state index contributed by atoms with van der Waals surface area (Å²) in [4.78, 5) is 12.4. The predicted octanol–water partition coefficient (Wildman–Crippen LogP) is 2.67. The van der Waals surface area contributed by atoms with Crippen LogP contribution in [0.15, 0.2) is 48.5 Å². The molecule has 3 nitrogen and oxygen atoms in total. The Morgan fingerprint density at radius 1 is 1.23 bits per heavy atom. The molecule has 2 aromatic carbocycles. The zero-order valence-electron chi connectivity index (χ0n) is 12.4. The number of fused-ring (bicyclic) bond motifs is 1. The number of carbonyl (C=O) groups excluding carboxylic acids is 1. The lowest BCUT2D eigenvalue weighted by Crippen LogP contribution is -2.42. The van der Waals surface area contributed by atoms with Crippen LogP contribution in [0, 0.1) is 5.82 Å². The molecule has 3 rings (SSSR count). The Hall–Kier alpha value is -2.20. The smallest absolute Gasteiger partial charge is 0.241 e. The lowest BCUT2D eigenvalue weighted by Gasteiger charge is -2.21. The zero-order chi connectivity index (χ0) is 15.7. The Kier molecular flexibility index (Phi) is 3.94. The first kappa shape index (κ1) is 14.7. The lowest BCUT2D eigenvalue weighted by atomic mass is 10.00. The summed E-state index contributed by atoms with van der Waals surface area (Å²) in [6.45, 7) is 2.11. The average molecular weight is 298 g/mol. The Morgan fingerprint density at radius 3 is 2.59 bits per heavy atom. The molecule has 0 unspecified atom stereocenters. The molecule has 0 spiro atoms. The van der Waals surface area contributed by atoms with Crippen molar-refractivity contribution in [3.05, 3.63) is 71.0 Å². The molecule has 1 aliphatic carbocycles. The van der Waals surface area contributed by atoms with E-state index in [0.717, 1.165) is 6.42 Å². The van der Waals surface area contributed by atoms with Gasteiger partial charge in [0.2, 0.25) is 5.91 Å². The molecule has 4 heteroatoms. The van der Waals surface area contributed by atoms with Crippen LogP contribution in [-0.2, 0) is 11.2 Å². The van der Waals surface area contributed by atoms with E-state index in [9.17, 15) is 9.18 Å². The van der Waals surface area contributed by atoms with E-state index in [0.29, 0.717) is 5.56 Å². The molecule has 2 aromatic rings. The van der Waals surface area contributed by atoms with Crippen molar-refractivity contribution in [2.75, 3.05) is 0 Å². The molecule has 22 heavy (non-hydrogen) atoms. The molecule has 0 aliphatic heterocycles. The highest BCUT2D eigenvalue weighted by Gasteiger charge is 2.31. The van der Waals surface area contributed by atoms with Crippen molar-refractivity contribution >= 4 is 5.91 Å². The van der Waals surface area contributed by atoms with Crippen LogP contribution in [0.1, 0.15) is 35.6 Å². The van der Waals surface area contributed by atoms with Crippen LogP contribution in [0.5, 0.6) is 0 Å². The molecule has 0 heterocycles. The van der Waals surface area contributed by atoms with Gasteiger partial charge in [0.15, 0.2) is 0 Å². The van der Waals surface area contributed by atoms with E-state index < -0.39 is 6.04 Å². The van der Waals surface area contributed by atoms with Gasteiger partial charge in [-0.05, 0) is 35.2 Å². The Labute approximate surface area is 129 Å². The van der Waals surface area contributed by atoms with Crippen molar-refractivity contribution in [3.8, 4) is 0 Å². The zero-order valence-corrected chi connectivity index (χ0v) is 12.4. The maximum atomic E-state index is 12.9. The molecule has 0 bridgehead atoms. The molecule has 3 N–H and O–H groups in total. The van der Waals surface area contributed by atoms with Gasteiger partial charge in [0.05, 0.1) is 0 Å². The largest absolute Gasteiger partial charge is 0.351 e. The molecule has 114 valence electrons. The van der Waals surface area contributed by atoms with E-state index in [2.05, 4.69) is 24.4 Å². The van der Waals surface area contributed by atoms with Crippen LogP contribution in [0.25, 0.3) is 0 Å². The monoisotopic (exact) mass is 298 g/mol. The van der Waals surface area contributed by atoms with Crippen LogP contribution >= 0.6 is 0 Å². The second-order valence-corrected chi connectivity index (χ2v) is 5.84. The summed E-state index contributed by atoms with van der Waals surface area (Å²) >= 11 is 0. The van der Waals surface area contributed by atoms with Crippen molar-refractivity contribution in [1.82, 2.24) is 5.32 Å². The van der Waals surface area contributed by atoms with Gasteiger partial charge in [-0.1, -0.05) is 43.3 Å². The first-order valence-corrected chi connectivity index (χ1v) is 7.45. The van der Waals surface area contributed by atoms with Gasteiger partial charge in [0.1, 0.15) is 11.9 Å². The van der Waals surface area contributed by atoms with Crippen LogP contribution in [0.4, 0.5) is 4.39 Å². The molecule has 1 aliphatic rings. The number of hydrogen-bond acceptors (Lipinski definition) is 2. The Morgan fingerprint density at radius 2 is 1.91 bits per heavy atom. The second kappa shape index (κ2) is 5.89. The fourth-order valence-corrected chi connectivity index (χ4v) is 3.06. The van der Waals surface area contributed by atoms with Crippen LogP contribution in [0.2, 0.25) is 0 Å². The summed E-state index contributed by atoms with van der Waals surface area (Å²) in [6, 6.07) is 13.2. The Balaban J connectivity index is 1.69. The predicted molar refractivity (Wildman–Crippen MR) is 83.8 cm³/mol. The Bertz CT molecular complexity index is 684. The van der Waals surface area contributed by atoms with Crippen molar-refractivity contribution in [3.63, 3.8) is 0 Å². The number of amides is 1. The normalized spacial score (nSPS) is 21.2. The van der Waals surface area contributed by atoms with E-state index in [1.54, 1.807) is 12.1 Å². The van der Waals surface area contributed by atoms with Crippen LogP contribution < -0.4 is 11.1 Å². The third-order valence-electron chi connectivity index (χ3n) is 4.43. The molecule has 0 saturated carbocycles. The standard InChI is InChI=1S/C18H19FN2O/c1-11-15-5-3-2-4-13(15)10-16(11)21-18(22)17(20)12-6-8-14(19)9-7-12/h2-9,11,16-17H,10,20H2,1H3,(H,21,22)/t11-,16-,17-/m0/s1. The molecule has 3 atom stereocenters. The summed E-state index contributed by atoms with van der Waals surface area (Å²) in [7, 11) is 0. The number of hydrogen-bond donors (Lipinski definition) is 2. The summed E-state index contributed by atoms with van der Waals surface area (Å²) in [5.41, 5.74) is 9.15. The summed E-state index contributed by atoms with van der Waals surface area (Å²) in [5.74, 6) is -0.298. The molecule has 0 aromatic heterocycles. The molecule has 0 saturated heterocycles. The number of nitrogens with one attached hydrogen (secondary N) is 1. The maximum absolute atomic E-state index is 12.9. The summed E-state index contributed by atoms with van der Waals surface area (Å²) < 4.78 is 12.9. The van der Waals surface area contributed by atoms with Gasteiger partial charge < -0.3 is 11.1 Å². The molecule has 0 fully saturated rings. The number of nitrogens with two attached hydrogens (primary N) is 1. The van der Waals surface area contributed by atoms with Crippen LogP contribution in [0.3, 0.4) is 0 Å². The van der Waals surface area contributed by atoms with E-state index in [-0.39, 0.29) is 23.7 Å². The van der Waals surface area contributed by atoms with E-state index in [1.165, 1.54) is 23.3 Å². The van der Waals surface area contributed by atoms with Crippen molar-refractivity contribution in [2.45, 2.75) is 31.3 Å². The third kappa shape index (κ3) is 2.74. The fourth-order valence-electron chi connectivity index (χ4n) is 3.06. The lowest BCUT2D eigenvalue weighted by molar-refractivity contribution is -0.123. The molecule has 0 radical (unpaired) electrons. The second-order valence-electron chi connectivity index (χ2n) is 5.84. The van der Waals surface area contributed by atoms with Crippen LogP contribution in [-0.4, -0.2) is 11.9 Å². The van der Waals surface area contributed by atoms with E-state index >= 15 is 0 Å². The fraction of sp³-hybridized carbons (Fsp3) is 0.278. The van der Waals surface area contributed by atoms with Crippen molar-refractivity contribution in [1.29, 1.82) is 0 Å². The van der Waals surface area contributed by atoms with Gasteiger partial charge in [-0.3, -0.25) is 4.79 Å². The highest BCUT2D eigenvalue weighted by Crippen LogP contribution is 2.32. The average Bonchev–Trinajstić information content (AvgIpc) is 2.84. The maximum Gasteiger partial charge on any atom is 0.241 e. The van der Waals surface area contributed by atoms with Gasteiger partial charge in [0.25, 0.3) is 0 Å². The number of carbonyl (C=O) groups is 1. The summed E-state index contributed by atoms with van der Waals surface area (Å²) in [5, 5.41) is 3.03. The molecular formula is C18H19FN2O. The number of benzene rings is 2. The van der Waals surface area contributed by atoms with Gasteiger partial charge in [-0.15, -0.1) is 0 Å². The highest BCUT2D eigenvalue weighted by atomic mass is 19.1. The first-order valence-electron chi connectivity index (χ1n) is 7.45. The van der Waals surface area contributed by atoms with Crippen molar-refractivity contribution < 1.29 is 9.18 Å². The topological polar surface area (TPSA) is 55.1 Å².